The van der Waals surface area contributed by atoms with Crippen LogP contribution in [0.3, 0.4) is 0 Å². The molecule has 5 heteroatoms. The zero-order chi connectivity index (χ0) is 13.1. The van der Waals surface area contributed by atoms with E-state index in [2.05, 4.69) is 5.10 Å². The van der Waals surface area contributed by atoms with Gasteiger partial charge in [0.15, 0.2) is 0 Å². The van der Waals surface area contributed by atoms with Crippen LogP contribution in [0.2, 0.25) is 5.02 Å². The van der Waals surface area contributed by atoms with E-state index in [1.54, 1.807) is 18.0 Å². The highest BCUT2D eigenvalue weighted by molar-refractivity contribution is 6.31. The predicted molar refractivity (Wildman–Crippen MR) is 71.8 cm³/mol. The molecule has 1 aromatic heterocycles. The number of halogens is 1. The molecule has 0 amide bonds. The van der Waals surface area contributed by atoms with Crippen molar-refractivity contribution in [1.82, 2.24) is 9.78 Å². The summed E-state index contributed by atoms with van der Waals surface area (Å²) in [6.45, 7) is 0. The summed E-state index contributed by atoms with van der Waals surface area (Å²) in [5.41, 5.74) is 8.16. The molecule has 96 valence electrons. The fraction of sp³-hybridized carbons (Fsp3) is 0.308. The highest BCUT2D eigenvalue weighted by Gasteiger charge is 2.15. The van der Waals surface area contributed by atoms with Gasteiger partial charge >= 0.3 is 0 Å². The molecule has 4 nitrogen and oxygen atoms in total. The minimum atomic E-state index is -0.168. The first-order chi connectivity index (χ1) is 8.61. The molecule has 18 heavy (non-hydrogen) atoms. The molecule has 0 aliphatic heterocycles. The fourth-order valence-electron chi connectivity index (χ4n) is 1.95. The predicted octanol–water partition coefficient (Wildman–Crippen LogP) is 2.32. The van der Waals surface area contributed by atoms with E-state index in [4.69, 9.17) is 22.1 Å². The lowest BCUT2D eigenvalue weighted by molar-refractivity contribution is 0.414. The number of nitrogens with zero attached hydrogens (tertiary/aromatic N) is 2. The first-order valence-corrected chi connectivity index (χ1v) is 6.05. The summed E-state index contributed by atoms with van der Waals surface area (Å²) in [5.74, 6) is 0.839. The van der Waals surface area contributed by atoms with Gasteiger partial charge in [0.2, 0.25) is 0 Å². The third kappa shape index (κ3) is 2.66. The largest absolute Gasteiger partial charge is 0.497 e. The Morgan fingerprint density at radius 1 is 1.39 bits per heavy atom. The summed E-state index contributed by atoms with van der Waals surface area (Å²) in [7, 11) is 3.49. The number of rotatable bonds is 4. The number of hydrogen-bond acceptors (Lipinski definition) is 3. The topological polar surface area (TPSA) is 53.1 Å². The molecule has 1 aromatic carbocycles. The smallest absolute Gasteiger partial charge is 0.118 e. The van der Waals surface area contributed by atoms with Crippen molar-refractivity contribution in [3.05, 3.63) is 46.7 Å². The van der Waals surface area contributed by atoms with Crippen LogP contribution in [0.25, 0.3) is 0 Å². The number of hydrogen-bond donors (Lipinski definition) is 1. The van der Waals surface area contributed by atoms with E-state index >= 15 is 0 Å². The van der Waals surface area contributed by atoms with E-state index < -0.39 is 0 Å². The summed E-state index contributed by atoms with van der Waals surface area (Å²) in [5, 5.41) is 4.70. The minimum Gasteiger partial charge on any atom is -0.497 e. The molecule has 1 atom stereocenters. The van der Waals surface area contributed by atoms with Crippen LogP contribution >= 0.6 is 11.6 Å². The molecule has 2 rings (SSSR count). The van der Waals surface area contributed by atoms with Crippen LogP contribution in [-0.2, 0) is 13.5 Å². The maximum Gasteiger partial charge on any atom is 0.118 e. The summed E-state index contributed by atoms with van der Waals surface area (Å²) >= 11 is 6.07. The lowest BCUT2D eigenvalue weighted by Crippen LogP contribution is -2.17. The van der Waals surface area contributed by atoms with Crippen LogP contribution in [-0.4, -0.2) is 16.9 Å². The van der Waals surface area contributed by atoms with Crippen molar-refractivity contribution < 1.29 is 4.74 Å². The molecule has 0 aliphatic carbocycles. The van der Waals surface area contributed by atoms with Crippen molar-refractivity contribution in [2.75, 3.05) is 7.11 Å². The zero-order valence-corrected chi connectivity index (χ0v) is 11.2. The van der Waals surface area contributed by atoms with Crippen LogP contribution in [0.15, 0.2) is 30.5 Å². The molecular formula is C13H16ClN3O. The Morgan fingerprint density at radius 2 is 2.06 bits per heavy atom. The molecule has 2 N–H and O–H groups in total. The molecule has 0 aliphatic rings. The molecular weight excluding hydrogens is 250 g/mol. The summed E-state index contributed by atoms with van der Waals surface area (Å²) in [6, 6.07) is 7.68. The summed E-state index contributed by atoms with van der Waals surface area (Å²) < 4.78 is 6.84. The van der Waals surface area contributed by atoms with Gasteiger partial charge in [0.05, 0.1) is 30.1 Å². The molecule has 0 radical (unpaired) electrons. The van der Waals surface area contributed by atoms with E-state index in [0.717, 1.165) is 17.0 Å². The average Bonchev–Trinajstić information content (AvgIpc) is 2.70. The highest BCUT2D eigenvalue weighted by atomic mass is 35.5. The van der Waals surface area contributed by atoms with Crippen molar-refractivity contribution in [3.63, 3.8) is 0 Å². The molecule has 1 unspecified atom stereocenters. The Hall–Kier alpha value is -1.52. The van der Waals surface area contributed by atoms with E-state index in [0.29, 0.717) is 11.4 Å². The van der Waals surface area contributed by atoms with Gasteiger partial charge in [0.1, 0.15) is 5.75 Å². The maximum atomic E-state index is 6.17. The third-order valence-corrected chi connectivity index (χ3v) is 3.19. The molecule has 0 spiro atoms. The van der Waals surface area contributed by atoms with E-state index in [1.807, 2.05) is 31.3 Å². The minimum absolute atomic E-state index is 0.168. The van der Waals surface area contributed by atoms with Gasteiger partial charge in [-0.2, -0.15) is 5.10 Å². The quantitative estimate of drug-likeness (QED) is 0.923. The van der Waals surface area contributed by atoms with Gasteiger partial charge in [-0.05, 0) is 24.1 Å². The first-order valence-electron chi connectivity index (χ1n) is 5.67. The average molecular weight is 266 g/mol. The monoisotopic (exact) mass is 265 g/mol. The second-order valence-electron chi connectivity index (χ2n) is 4.16. The number of nitrogens with two attached hydrogens (primary N) is 1. The Morgan fingerprint density at radius 3 is 2.56 bits per heavy atom. The van der Waals surface area contributed by atoms with E-state index in [-0.39, 0.29) is 6.04 Å². The van der Waals surface area contributed by atoms with Crippen LogP contribution in [0.4, 0.5) is 0 Å². The van der Waals surface area contributed by atoms with Crippen LogP contribution in [0, 0.1) is 0 Å². The SMILES string of the molecule is COc1ccc(CC(N)c2c(Cl)cnn2C)cc1. The fourth-order valence-corrected chi connectivity index (χ4v) is 2.26. The lowest BCUT2D eigenvalue weighted by atomic mass is 10.0. The number of aromatic nitrogens is 2. The Balaban J connectivity index is 2.13. The number of ether oxygens (including phenoxy) is 1. The number of methoxy groups -OCH3 is 1. The molecule has 0 bridgehead atoms. The zero-order valence-electron chi connectivity index (χ0n) is 10.4. The second kappa shape index (κ2) is 5.42. The maximum absolute atomic E-state index is 6.17. The van der Waals surface area contributed by atoms with Crippen LogP contribution < -0.4 is 10.5 Å². The van der Waals surface area contributed by atoms with Gasteiger partial charge < -0.3 is 10.5 Å². The molecule has 2 aromatic rings. The van der Waals surface area contributed by atoms with Crippen LogP contribution in [0.1, 0.15) is 17.3 Å². The Kier molecular flexibility index (Phi) is 3.89. The van der Waals surface area contributed by atoms with Gasteiger partial charge in [-0.25, -0.2) is 0 Å². The van der Waals surface area contributed by atoms with Gasteiger partial charge in [-0.1, -0.05) is 23.7 Å². The summed E-state index contributed by atoms with van der Waals surface area (Å²) in [4.78, 5) is 0. The van der Waals surface area contributed by atoms with Gasteiger partial charge in [0, 0.05) is 7.05 Å². The van der Waals surface area contributed by atoms with E-state index in [9.17, 15) is 0 Å². The normalized spacial score (nSPS) is 12.4. The molecule has 1 heterocycles. The van der Waals surface area contributed by atoms with Crippen molar-refractivity contribution in [2.45, 2.75) is 12.5 Å². The van der Waals surface area contributed by atoms with Gasteiger partial charge in [-0.3, -0.25) is 4.68 Å². The Labute approximate surface area is 111 Å². The summed E-state index contributed by atoms with van der Waals surface area (Å²) in [6.07, 6.45) is 2.33. The van der Waals surface area contributed by atoms with Gasteiger partial charge in [0.25, 0.3) is 0 Å². The third-order valence-electron chi connectivity index (χ3n) is 2.90. The van der Waals surface area contributed by atoms with Crippen LogP contribution in [0.5, 0.6) is 5.75 Å². The number of aryl methyl sites for hydroxylation is 1. The van der Waals surface area contributed by atoms with E-state index in [1.165, 1.54) is 0 Å². The van der Waals surface area contributed by atoms with Crippen molar-refractivity contribution >= 4 is 11.6 Å². The first kappa shape index (κ1) is 12.9. The standard InChI is InChI=1S/C13H16ClN3O/c1-17-13(11(14)8-16-17)12(15)7-9-3-5-10(18-2)6-4-9/h3-6,8,12H,7,15H2,1-2H3. The van der Waals surface area contributed by atoms with Gasteiger partial charge in [-0.15, -0.1) is 0 Å². The molecule has 0 saturated heterocycles. The highest BCUT2D eigenvalue weighted by Crippen LogP contribution is 2.23. The lowest BCUT2D eigenvalue weighted by Gasteiger charge is -2.13. The van der Waals surface area contributed by atoms with Crippen molar-refractivity contribution in [3.8, 4) is 5.75 Å². The molecule has 0 saturated carbocycles. The number of benzene rings is 1. The molecule has 0 fully saturated rings. The Bertz CT molecular complexity index is 502. The second-order valence-corrected chi connectivity index (χ2v) is 4.57. The van der Waals surface area contributed by atoms with Crippen molar-refractivity contribution in [1.29, 1.82) is 0 Å². The van der Waals surface area contributed by atoms with Crippen molar-refractivity contribution in [2.24, 2.45) is 12.8 Å².